The number of rotatable bonds is 2. The average molecular weight is 295 g/mol. The molecule has 96 valence electrons. The molecule has 1 fully saturated rings. The molecule has 2 N–H and O–H groups in total. The largest absolute Gasteiger partial charge is 0.420 e. The van der Waals surface area contributed by atoms with E-state index in [2.05, 4.69) is 34.0 Å². The molecular formula is C8H26N2O2Si4. The first-order valence-electron chi connectivity index (χ1n) is 5.79. The number of hydrogen-bond donors (Lipinski definition) is 2. The lowest BCUT2D eigenvalue weighted by Gasteiger charge is -2.73. The van der Waals surface area contributed by atoms with E-state index in [0.717, 1.165) is 0 Å². The van der Waals surface area contributed by atoms with Gasteiger partial charge in [-0.25, -0.2) is 0 Å². The highest BCUT2D eigenvalue weighted by atomic mass is 28.6. The van der Waals surface area contributed by atoms with Gasteiger partial charge in [-0.05, 0) is 52.4 Å². The summed E-state index contributed by atoms with van der Waals surface area (Å²) in [6.45, 7) is 17.0. The van der Waals surface area contributed by atoms with Crippen LogP contribution in [0.15, 0.2) is 0 Å². The molecule has 1 rings (SSSR count). The minimum atomic E-state index is -2.24. The predicted octanol–water partition coefficient (Wildman–Crippen LogP) is 1.40. The zero-order valence-corrected chi connectivity index (χ0v) is 15.8. The summed E-state index contributed by atoms with van der Waals surface area (Å²) in [5.41, 5.74) is 0. The summed E-state index contributed by atoms with van der Waals surface area (Å²) in [5.74, 6) is 0. The summed E-state index contributed by atoms with van der Waals surface area (Å²) in [6.07, 6.45) is 0. The minimum absolute atomic E-state index is 1.76. The molecule has 4 nitrogen and oxygen atoms in total. The molecule has 0 aromatic rings. The van der Waals surface area contributed by atoms with Gasteiger partial charge in [0.1, 0.15) is 0 Å². The summed E-state index contributed by atoms with van der Waals surface area (Å²) < 4.78 is 4.91. The van der Waals surface area contributed by atoms with Crippen molar-refractivity contribution in [2.45, 2.75) is 52.4 Å². The Morgan fingerprint density at radius 3 is 1.00 bits per heavy atom. The van der Waals surface area contributed by atoms with Crippen molar-refractivity contribution in [1.82, 2.24) is 7.79 Å². The first-order chi connectivity index (χ1) is 6.73. The lowest BCUT2D eigenvalue weighted by molar-refractivity contribution is 0.428. The standard InChI is InChI=1S/C8H26N2O2Si4/c1-13(2)9(15(5,6)11)14(3,4)10(13)16(7,8)12/h11-12H,1-8H3. The van der Waals surface area contributed by atoms with Crippen LogP contribution >= 0.6 is 0 Å². The summed E-state index contributed by atoms with van der Waals surface area (Å²) in [5, 5.41) is 0. The van der Waals surface area contributed by atoms with Crippen LogP contribution < -0.4 is 0 Å². The predicted molar refractivity (Wildman–Crippen MR) is 78.0 cm³/mol. The van der Waals surface area contributed by atoms with Crippen molar-refractivity contribution in [1.29, 1.82) is 0 Å². The molecule has 0 radical (unpaired) electrons. The zero-order chi connectivity index (χ0) is 13.2. The van der Waals surface area contributed by atoms with Gasteiger partial charge in [0.2, 0.25) is 0 Å². The zero-order valence-electron chi connectivity index (χ0n) is 11.8. The van der Waals surface area contributed by atoms with Gasteiger partial charge in [-0.1, -0.05) is 0 Å². The summed E-state index contributed by atoms with van der Waals surface area (Å²) >= 11 is 0. The van der Waals surface area contributed by atoms with Crippen LogP contribution in [0.2, 0.25) is 52.4 Å². The molecule has 1 aliphatic rings. The molecule has 1 aliphatic heterocycles. The number of nitrogens with zero attached hydrogens (tertiary/aromatic N) is 2. The van der Waals surface area contributed by atoms with E-state index >= 15 is 0 Å². The third kappa shape index (κ3) is 2.05. The molecule has 0 aromatic carbocycles. The van der Waals surface area contributed by atoms with E-state index in [1.807, 2.05) is 26.2 Å². The van der Waals surface area contributed by atoms with Gasteiger partial charge in [0.25, 0.3) is 17.0 Å². The number of hydrogen-bond acceptors (Lipinski definition) is 4. The Kier molecular flexibility index (Phi) is 3.33. The van der Waals surface area contributed by atoms with Gasteiger partial charge in [0, 0.05) is 0 Å². The van der Waals surface area contributed by atoms with E-state index in [0.29, 0.717) is 0 Å². The Balaban J connectivity index is 3.15. The average Bonchev–Trinajstić information content (AvgIpc) is 1.69. The highest BCUT2D eigenvalue weighted by Gasteiger charge is 2.69. The fourth-order valence-corrected chi connectivity index (χ4v) is 40.3. The fourth-order valence-electron chi connectivity index (χ4n) is 4.17. The summed E-state index contributed by atoms with van der Waals surface area (Å²) in [4.78, 5) is 20.9. The normalized spacial score (nSPS) is 26.6. The van der Waals surface area contributed by atoms with Crippen molar-refractivity contribution in [2.75, 3.05) is 0 Å². The van der Waals surface area contributed by atoms with Crippen LogP contribution in [0.25, 0.3) is 0 Å². The topological polar surface area (TPSA) is 46.9 Å². The van der Waals surface area contributed by atoms with Gasteiger partial charge in [-0.15, -0.1) is 0 Å². The van der Waals surface area contributed by atoms with Crippen LogP contribution in [0.5, 0.6) is 0 Å². The lowest BCUT2D eigenvalue weighted by atomic mass is 11.9. The Hall–Kier alpha value is 0.708. The molecule has 0 saturated carbocycles. The van der Waals surface area contributed by atoms with Gasteiger partial charge in [-0.3, -0.25) is 0 Å². The maximum atomic E-state index is 10.4. The first kappa shape index (κ1) is 14.8. The van der Waals surface area contributed by atoms with Crippen molar-refractivity contribution in [3.8, 4) is 0 Å². The first-order valence-corrected chi connectivity index (χ1v) is 17.4. The molecule has 0 aromatic heterocycles. The maximum Gasteiger partial charge on any atom is 0.250 e. The van der Waals surface area contributed by atoms with Crippen molar-refractivity contribution in [2.24, 2.45) is 0 Å². The molecule has 8 heteroatoms. The monoisotopic (exact) mass is 294 g/mol. The molecule has 0 atom stereocenters. The Labute approximate surface area is 104 Å². The van der Waals surface area contributed by atoms with Crippen molar-refractivity contribution in [3.63, 3.8) is 0 Å². The van der Waals surface area contributed by atoms with Gasteiger partial charge in [0.15, 0.2) is 16.8 Å². The third-order valence-electron chi connectivity index (χ3n) is 3.28. The van der Waals surface area contributed by atoms with Crippen LogP contribution in [0, 0.1) is 0 Å². The fraction of sp³-hybridized carbons (Fsp3) is 1.00. The van der Waals surface area contributed by atoms with Crippen LogP contribution in [0.3, 0.4) is 0 Å². The third-order valence-corrected chi connectivity index (χ3v) is 29.5. The van der Waals surface area contributed by atoms with Gasteiger partial charge in [-0.2, -0.15) is 0 Å². The van der Waals surface area contributed by atoms with Gasteiger partial charge in [0.05, 0.1) is 0 Å². The molecule has 0 aliphatic carbocycles. The summed E-state index contributed by atoms with van der Waals surface area (Å²) in [7, 11) is -8.01. The molecule has 1 heterocycles. The molecule has 0 spiro atoms. The highest BCUT2D eigenvalue weighted by Crippen LogP contribution is 2.44. The lowest BCUT2D eigenvalue weighted by Crippen LogP contribution is -2.97. The highest BCUT2D eigenvalue weighted by molar-refractivity contribution is 7.18. The van der Waals surface area contributed by atoms with E-state index in [9.17, 15) is 9.59 Å². The smallest absolute Gasteiger partial charge is 0.250 e. The van der Waals surface area contributed by atoms with Gasteiger partial charge < -0.3 is 17.4 Å². The molecule has 0 amide bonds. The molecule has 0 bridgehead atoms. The Morgan fingerprint density at radius 2 is 0.875 bits per heavy atom. The van der Waals surface area contributed by atoms with E-state index in [1.165, 1.54) is 0 Å². The van der Waals surface area contributed by atoms with Crippen LogP contribution in [0.1, 0.15) is 0 Å². The second-order valence-electron chi connectivity index (χ2n) is 6.65. The Bertz CT molecular complexity index is 253. The van der Waals surface area contributed by atoms with Crippen molar-refractivity contribution in [3.05, 3.63) is 0 Å². The van der Waals surface area contributed by atoms with Gasteiger partial charge >= 0.3 is 0 Å². The van der Waals surface area contributed by atoms with Crippen LogP contribution in [-0.2, 0) is 0 Å². The minimum Gasteiger partial charge on any atom is -0.420 e. The van der Waals surface area contributed by atoms with E-state index in [4.69, 9.17) is 0 Å². The van der Waals surface area contributed by atoms with Crippen LogP contribution in [-0.4, -0.2) is 51.1 Å². The SMILES string of the molecule is C[Si](C)(O)N1[Si](C)(C)N([Si](C)(C)O)[Si]1(C)C. The summed E-state index contributed by atoms with van der Waals surface area (Å²) in [6, 6.07) is 0. The molecular weight excluding hydrogens is 268 g/mol. The second-order valence-corrected chi connectivity index (χ2v) is 24.0. The van der Waals surface area contributed by atoms with E-state index in [1.54, 1.807) is 0 Å². The van der Waals surface area contributed by atoms with Crippen molar-refractivity contribution >= 4 is 33.8 Å². The molecule has 1 saturated heterocycles. The van der Waals surface area contributed by atoms with Crippen molar-refractivity contribution < 1.29 is 9.59 Å². The molecule has 16 heavy (non-hydrogen) atoms. The maximum absolute atomic E-state index is 10.4. The van der Waals surface area contributed by atoms with Crippen LogP contribution in [0.4, 0.5) is 0 Å². The quantitative estimate of drug-likeness (QED) is 0.756. The van der Waals surface area contributed by atoms with E-state index < -0.39 is 33.8 Å². The second kappa shape index (κ2) is 3.60. The Morgan fingerprint density at radius 1 is 0.688 bits per heavy atom. The molecule has 0 unspecified atom stereocenters. The van der Waals surface area contributed by atoms with E-state index in [-0.39, 0.29) is 0 Å².